The first-order chi connectivity index (χ1) is 10.6. The number of hydrogen-bond acceptors (Lipinski definition) is 4. The molecule has 0 aliphatic carbocycles. The van der Waals surface area contributed by atoms with Gasteiger partial charge < -0.3 is 10.2 Å². The molecule has 0 bridgehead atoms. The van der Waals surface area contributed by atoms with Crippen LogP contribution in [0.2, 0.25) is 0 Å². The lowest BCUT2D eigenvalue weighted by Crippen LogP contribution is -2.38. The fourth-order valence-electron chi connectivity index (χ4n) is 3.73. The molecule has 1 aromatic rings. The van der Waals surface area contributed by atoms with Crippen molar-refractivity contribution in [3.8, 4) is 0 Å². The third kappa shape index (κ3) is 3.35. The van der Waals surface area contributed by atoms with E-state index in [1.54, 1.807) is 11.3 Å². The van der Waals surface area contributed by atoms with Crippen LogP contribution in [-0.2, 0) is 0 Å². The summed E-state index contributed by atoms with van der Waals surface area (Å²) in [7, 11) is 0. The standard InChI is InChI=1S/C17H27N3OS/c1-13(2)15-19-14(12-22-15)16(21)20-10-3-4-17(7-11-20)5-8-18-9-6-17/h12-13,18H,3-11H2,1-2H3. The van der Waals surface area contributed by atoms with Gasteiger partial charge in [-0.15, -0.1) is 11.3 Å². The van der Waals surface area contributed by atoms with Gasteiger partial charge in [0.15, 0.2) is 0 Å². The van der Waals surface area contributed by atoms with Crippen LogP contribution in [-0.4, -0.2) is 42.0 Å². The second kappa shape index (κ2) is 6.67. The molecule has 0 radical (unpaired) electrons. The minimum absolute atomic E-state index is 0.133. The van der Waals surface area contributed by atoms with Crippen LogP contribution in [0, 0.1) is 5.41 Å². The van der Waals surface area contributed by atoms with Crippen LogP contribution in [0.4, 0.5) is 0 Å². The van der Waals surface area contributed by atoms with Crippen molar-refractivity contribution in [1.82, 2.24) is 15.2 Å². The maximum absolute atomic E-state index is 12.7. The molecule has 1 spiro atoms. The lowest BCUT2D eigenvalue weighted by Gasteiger charge is -2.36. The number of piperidine rings is 1. The van der Waals surface area contributed by atoms with E-state index >= 15 is 0 Å². The summed E-state index contributed by atoms with van der Waals surface area (Å²) in [4.78, 5) is 19.3. The molecule has 2 fully saturated rings. The summed E-state index contributed by atoms with van der Waals surface area (Å²) in [6.07, 6.45) is 6.09. The third-order valence-corrected chi connectivity index (χ3v) is 6.38. The van der Waals surface area contributed by atoms with Crippen molar-refractivity contribution in [2.45, 2.75) is 51.9 Å². The van der Waals surface area contributed by atoms with Crippen LogP contribution in [0.5, 0.6) is 0 Å². The smallest absolute Gasteiger partial charge is 0.273 e. The largest absolute Gasteiger partial charge is 0.337 e. The molecule has 1 aromatic heterocycles. The molecular weight excluding hydrogens is 294 g/mol. The number of nitrogens with zero attached hydrogens (tertiary/aromatic N) is 2. The van der Waals surface area contributed by atoms with Gasteiger partial charge in [-0.3, -0.25) is 4.79 Å². The van der Waals surface area contributed by atoms with Crippen LogP contribution in [0.3, 0.4) is 0 Å². The predicted octanol–water partition coefficient (Wildman–Crippen LogP) is 3.26. The van der Waals surface area contributed by atoms with E-state index < -0.39 is 0 Å². The molecule has 0 atom stereocenters. The minimum Gasteiger partial charge on any atom is -0.337 e. The Balaban J connectivity index is 1.65. The molecule has 3 rings (SSSR count). The van der Waals surface area contributed by atoms with Gasteiger partial charge in [0.25, 0.3) is 5.91 Å². The quantitative estimate of drug-likeness (QED) is 0.909. The Bertz CT molecular complexity index is 520. The number of hydrogen-bond donors (Lipinski definition) is 1. The number of carbonyl (C=O) groups is 1. The average molecular weight is 321 g/mol. The van der Waals surface area contributed by atoms with Crippen molar-refractivity contribution >= 4 is 17.2 Å². The zero-order chi connectivity index (χ0) is 15.6. The van der Waals surface area contributed by atoms with Crippen LogP contribution < -0.4 is 5.32 Å². The maximum atomic E-state index is 12.7. The van der Waals surface area contributed by atoms with Gasteiger partial charge in [0.2, 0.25) is 0 Å². The number of amides is 1. The number of aromatic nitrogens is 1. The SMILES string of the molecule is CC(C)c1nc(C(=O)N2CCCC3(CCNCC3)CC2)cs1. The van der Waals surface area contributed by atoms with E-state index in [4.69, 9.17) is 0 Å². The topological polar surface area (TPSA) is 45.2 Å². The van der Waals surface area contributed by atoms with Crippen molar-refractivity contribution in [2.24, 2.45) is 5.41 Å². The zero-order valence-corrected chi connectivity index (χ0v) is 14.5. The number of carbonyl (C=O) groups excluding carboxylic acids is 1. The molecule has 3 heterocycles. The first-order valence-corrected chi connectivity index (χ1v) is 9.43. The molecule has 0 aromatic carbocycles. The molecule has 22 heavy (non-hydrogen) atoms. The normalized spacial score (nSPS) is 22.0. The van der Waals surface area contributed by atoms with Crippen molar-refractivity contribution in [3.63, 3.8) is 0 Å². The Labute approximate surface area is 137 Å². The number of likely N-dealkylation sites (tertiary alicyclic amines) is 1. The highest BCUT2D eigenvalue weighted by atomic mass is 32.1. The second-order valence-corrected chi connectivity index (χ2v) is 8.01. The first kappa shape index (κ1) is 15.9. The minimum atomic E-state index is 0.133. The summed E-state index contributed by atoms with van der Waals surface area (Å²) in [6, 6.07) is 0. The summed E-state index contributed by atoms with van der Waals surface area (Å²) in [5, 5.41) is 6.46. The first-order valence-electron chi connectivity index (χ1n) is 8.55. The highest BCUT2D eigenvalue weighted by Crippen LogP contribution is 2.39. The van der Waals surface area contributed by atoms with E-state index in [0.717, 1.165) is 44.0 Å². The van der Waals surface area contributed by atoms with Crippen LogP contribution in [0.1, 0.15) is 67.4 Å². The second-order valence-electron chi connectivity index (χ2n) is 7.12. The zero-order valence-electron chi connectivity index (χ0n) is 13.7. The fourth-order valence-corrected chi connectivity index (χ4v) is 4.54. The Morgan fingerprint density at radius 3 is 2.73 bits per heavy atom. The van der Waals surface area contributed by atoms with Gasteiger partial charge in [-0.25, -0.2) is 4.98 Å². The van der Waals surface area contributed by atoms with Gasteiger partial charge in [-0.1, -0.05) is 13.8 Å². The molecule has 2 aliphatic heterocycles. The number of rotatable bonds is 2. The Hall–Kier alpha value is -0.940. The average Bonchev–Trinajstić information content (AvgIpc) is 2.93. The third-order valence-electron chi connectivity index (χ3n) is 5.23. The van der Waals surface area contributed by atoms with Crippen molar-refractivity contribution in [3.05, 3.63) is 16.1 Å². The number of thiazole rings is 1. The summed E-state index contributed by atoms with van der Waals surface area (Å²) in [5.41, 5.74) is 1.13. The molecule has 0 saturated carbocycles. The highest BCUT2D eigenvalue weighted by Gasteiger charge is 2.35. The van der Waals surface area contributed by atoms with Crippen molar-refractivity contribution < 1.29 is 4.79 Å². The van der Waals surface area contributed by atoms with Crippen LogP contribution >= 0.6 is 11.3 Å². The molecule has 0 unspecified atom stereocenters. The van der Waals surface area contributed by atoms with Gasteiger partial charge in [0.1, 0.15) is 5.69 Å². The summed E-state index contributed by atoms with van der Waals surface area (Å²) in [5.74, 6) is 0.530. The van der Waals surface area contributed by atoms with Gasteiger partial charge >= 0.3 is 0 Å². The van der Waals surface area contributed by atoms with E-state index in [-0.39, 0.29) is 5.91 Å². The van der Waals surface area contributed by atoms with Crippen molar-refractivity contribution in [1.29, 1.82) is 0 Å². The molecule has 4 nitrogen and oxygen atoms in total. The van der Waals surface area contributed by atoms with Gasteiger partial charge in [-0.05, 0) is 50.6 Å². The Morgan fingerprint density at radius 2 is 2.05 bits per heavy atom. The van der Waals surface area contributed by atoms with Crippen LogP contribution in [0.25, 0.3) is 0 Å². The van der Waals surface area contributed by atoms with Gasteiger partial charge in [0, 0.05) is 24.4 Å². The summed E-state index contributed by atoms with van der Waals surface area (Å²) in [6.45, 7) is 8.31. The predicted molar refractivity (Wildman–Crippen MR) is 90.5 cm³/mol. The fraction of sp³-hybridized carbons (Fsp3) is 0.765. The van der Waals surface area contributed by atoms with E-state index in [0.29, 0.717) is 17.0 Å². The van der Waals surface area contributed by atoms with E-state index in [1.165, 1.54) is 19.3 Å². The lowest BCUT2D eigenvalue weighted by atomic mass is 9.73. The lowest BCUT2D eigenvalue weighted by molar-refractivity contribution is 0.0745. The molecule has 5 heteroatoms. The Morgan fingerprint density at radius 1 is 1.27 bits per heavy atom. The molecule has 2 aliphatic rings. The summed E-state index contributed by atoms with van der Waals surface area (Å²) < 4.78 is 0. The van der Waals surface area contributed by atoms with E-state index in [2.05, 4.69) is 24.1 Å². The van der Waals surface area contributed by atoms with Gasteiger partial charge in [0.05, 0.1) is 5.01 Å². The Kier molecular flexibility index (Phi) is 4.83. The highest BCUT2D eigenvalue weighted by molar-refractivity contribution is 7.09. The summed E-state index contributed by atoms with van der Waals surface area (Å²) >= 11 is 1.61. The molecule has 122 valence electrons. The van der Waals surface area contributed by atoms with Crippen molar-refractivity contribution in [2.75, 3.05) is 26.2 Å². The number of nitrogens with one attached hydrogen (secondary N) is 1. The monoisotopic (exact) mass is 321 g/mol. The van der Waals surface area contributed by atoms with Gasteiger partial charge in [-0.2, -0.15) is 0 Å². The molecule has 2 saturated heterocycles. The maximum Gasteiger partial charge on any atom is 0.273 e. The van der Waals surface area contributed by atoms with E-state index in [1.807, 2.05) is 10.3 Å². The molecule has 1 amide bonds. The van der Waals surface area contributed by atoms with E-state index in [9.17, 15) is 4.79 Å². The molecular formula is C17H27N3OS. The van der Waals surface area contributed by atoms with Crippen LogP contribution in [0.15, 0.2) is 5.38 Å². The molecule has 1 N–H and O–H groups in total.